The fraction of sp³-hybridized carbons (Fsp3) is 0.158. The van der Waals surface area contributed by atoms with E-state index in [-0.39, 0.29) is 0 Å². The van der Waals surface area contributed by atoms with E-state index in [1.165, 1.54) is 11.1 Å². The summed E-state index contributed by atoms with van der Waals surface area (Å²) < 4.78 is 1.85. The van der Waals surface area contributed by atoms with E-state index < -0.39 is 0 Å². The van der Waals surface area contributed by atoms with Gasteiger partial charge in [0.25, 0.3) is 0 Å². The summed E-state index contributed by atoms with van der Waals surface area (Å²) in [5.74, 6) is 0.704. The molecule has 0 saturated heterocycles. The molecule has 2 N–H and O–H groups in total. The van der Waals surface area contributed by atoms with Crippen LogP contribution in [0, 0.1) is 13.8 Å². The summed E-state index contributed by atoms with van der Waals surface area (Å²) in [6.45, 7) is 4.80. The molecule has 4 nitrogen and oxygen atoms in total. The number of anilines is 2. The van der Waals surface area contributed by atoms with Gasteiger partial charge in [0.2, 0.25) is 0 Å². The third-order valence-electron chi connectivity index (χ3n) is 3.62. The normalized spacial score (nSPS) is 10.5. The fourth-order valence-corrected chi connectivity index (χ4v) is 2.97. The largest absolute Gasteiger partial charge is 0.332 e. The zero-order valence-electron chi connectivity index (χ0n) is 14.1. The number of halogens is 1. The fourth-order valence-electron chi connectivity index (χ4n) is 2.62. The predicted molar refractivity (Wildman–Crippen MR) is 109 cm³/mol. The molecule has 0 atom stereocenters. The van der Waals surface area contributed by atoms with Gasteiger partial charge in [0.05, 0.1) is 6.54 Å². The summed E-state index contributed by atoms with van der Waals surface area (Å²) in [6, 6.07) is 15.9. The first kappa shape index (κ1) is 17.5. The molecule has 0 fully saturated rings. The van der Waals surface area contributed by atoms with E-state index in [9.17, 15) is 0 Å². The summed E-state index contributed by atoms with van der Waals surface area (Å²) in [4.78, 5) is 0. The lowest BCUT2D eigenvalue weighted by Crippen LogP contribution is -2.19. The molecule has 6 heteroatoms. The zero-order valence-corrected chi connectivity index (χ0v) is 15.7. The van der Waals surface area contributed by atoms with Crippen LogP contribution in [0.2, 0.25) is 5.02 Å². The number of hydrogen-bond donors (Lipinski definition) is 2. The molecular weight excluding hydrogens is 352 g/mol. The smallest absolute Gasteiger partial charge is 0.176 e. The van der Waals surface area contributed by atoms with Crippen LogP contribution < -0.4 is 10.6 Å². The molecule has 0 aliphatic heterocycles. The highest BCUT2D eigenvalue weighted by Gasteiger charge is 2.04. The van der Waals surface area contributed by atoms with Crippen LogP contribution in [0.5, 0.6) is 0 Å². The van der Waals surface area contributed by atoms with Crippen molar-refractivity contribution in [3.05, 3.63) is 76.4 Å². The SMILES string of the molecule is Cc1cc(C)cc(NC(=S)Nc2ccn(Cc3ccc(Cl)cc3)n2)c1. The highest BCUT2D eigenvalue weighted by Crippen LogP contribution is 2.15. The number of nitrogens with one attached hydrogen (secondary N) is 2. The van der Waals surface area contributed by atoms with Gasteiger partial charge in [-0.2, -0.15) is 5.10 Å². The molecule has 0 spiro atoms. The van der Waals surface area contributed by atoms with E-state index in [1.54, 1.807) is 0 Å². The Morgan fingerprint density at radius 3 is 2.40 bits per heavy atom. The van der Waals surface area contributed by atoms with Gasteiger partial charge in [-0.05, 0) is 67.0 Å². The average Bonchev–Trinajstić information content (AvgIpc) is 2.95. The number of aryl methyl sites for hydroxylation is 2. The van der Waals surface area contributed by atoms with Crippen molar-refractivity contribution >= 4 is 40.4 Å². The zero-order chi connectivity index (χ0) is 17.8. The van der Waals surface area contributed by atoms with Crippen LogP contribution in [0.15, 0.2) is 54.7 Å². The van der Waals surface area contributed by atoms with Gasteiger partial charge in [0.1, 0.15) is 0 Å². The van der Waals surface area contributed by atoms with Crippen LogP contribution in [0.1, 0.15) is 16.7 Å². The van der Waals surface area contributed by atoms with E-state index in [4.69, 9.17) is 23.8 Å². The molecule has 0 saturated carbocycles. The number of hydrogen-bond acceptors (Lipinski definition) is 2. The average molecular weight is 371 g/mol. The van der Waals surface area contributed by atoms with Crippen LogP contribution in [-0.2, 0) is 6.54 Å². The highest BCUT2D eigenvalue weighted by molar-refractivity contribution is 7.80. The molecule has 2 aromatic carbocycles. The van der Waals surface area contributed by atoms with Crippen LogP contribution >= 0.6 is 23.8 Å². The topological polar surface area (TPSA) is 41.9 Å². The minimum absolute atomic E-state index is 0.516. The van der Waals surface area contributed by atoms with Gasteiger partial charge in [0, 0.05) is 23.0 Å². The molecular formula is C19H19ClN4S. The molecule has 0 unspecified atom stereocenters. The van der Waals surface area contributed by atoms with Crippen LogP contribution in [0.3, 0.4) is 0 Å². The van der Waals surface area contributed by atoms with Crippen LogP contribution in [0.4, 0.5) is 11.5 Å². The number of nitrogens with zero attached hydrogens (tertiary/aromatic N) is 2. The molecule has 0 aliphatic carbocycles. The quantitative estimate of drug-likeness (QED) is 0.633. The summed E-state index contributed by atoms with van der Waals surface area (Å²) in [7, 11) is 0. The third-order valence-corrected chi connectivity index (χ3v) is 4.08. The molecule has 0 radical (unpaired) electrons. The van der Waals surface area contributed by atoms with Gasteiger partial charge in [-0.1, -0.05) is 29.8 Å². The monoisotopic (exact) mass is 370 g/mol. The molecule has 128 valence electrons. The van der Waals surface area contributed by atoms with E-state index >= 15 is 0 Å². The maximum atomic E-state index is 5.91. The second kappa shape index (κ2) is 7.68. The first-order valence-electron chi connectivity index (χ1n) is 7.92. The third kappa shape index (κ3) is 5.05. The minimum atomic E-state index is 0.516. The number of aromatic nitrogens is 2. The van der Waals surface area contributed by atoms with Crippen LogP contribution in [0.25, 0.3) is 0 Å². The maximum Gasteiger partial charge on any atom is 0.176 e. The van der Waals surface area contributed by atoms with Gasteiger partial charge >= 0.3 is 0 Å². The maximum absolute atomic E-state index is 5.91. The second-order valence-corrected chi connectivity index (χ2v) is 6.83. The minimum Gasteiger partial charge on any atom is -0.332 e. The number of benzene rings is 2. The lowest BCUT2D eigenvalue weighted by Gasteiger charge is -2.10. The molecule has 0 amide bonds. The van der Waals surface area contributed by atoms with Crippen molar-refractivity contribution < 1.29 is 0 Å². The lowest BCUT2D eigenvalue weighted by molar-refractivity contribution is 0.690. The Morgan fingerprint density at radius 2 is 1.72 bits per heavy atom. The highest BCUT2D eigenvalue weighted by atomic mass is 35.5. The Balaban J connectivity index is 1.60. The van der Waals surface area contributed by atoms with E-state index in [0.717, 1.165) is 16.3 Å². The van der Waals surface area contributed by atoms with Crippen molar-refractivity contribution in [3.63, 3.8) is 0 Å². The molecule has 0 aliphatic rings. The molecule has 1 aromatic heterocycles. The van der Waals surface area contributed by atoms with Crippen molar-refractivity contribution in [1.29, 1.82) is 0 Å². The summed E-state index contributed by atoms with van der Waals surface area (Å²) in [5.41, 5.74) is 4.49. The van der Waals surface area contributed by atoms with Crippen molar-refractivity contribution in [2.75, 3.05) is 10.6 Å². The summed E-state index contributed by atoms with van der Waals surface area (Å²) in [6.07, 6.45) is 1.91. The van der Waals surface area contributed by atoms with Crippen LogP contribution in [-0.4, -0.2) is 14.9 Å². The Kier molecular flexibility index (Phi) is 5.36. The van der Waals surface area contributed by atoms with E-state index in [1.807, 2.05) is 41.2 Å². The van der Waals surface area contributed by atoms with Crippen molar-refractivity contribution in [3.8, 4) is 0 Å². The van der Waals surface area contributed by atoms with E-state index in [0.29, 0.717) is 17.5 Å². The predicted octanol–water partition coefficient (Wildman–Crippen LogP) is 5.01. The first-order valence-corrected chi connectivity index (χ1v) is 8.71. The first-order chi connectivity index (χ1) is 12.0. The summed E-state index contributed by atoms with van der Waals surface area (Å²) >= 11 is 11.3. The molecule has 1 heterocycles. The van der Waals surface area contributed by atoms with Gasteiger partial charge in [-0.15, -0.1) is 0 Å². The summed E-state index contributed by atoms with van der Waals surface area (Å²) in [5, 5.41) is 12.0. The van der Waals surface area contributed by atoms with Gasteiger partial charge in [0.15, 0.2) is 10.9 Å². The molecule has 0 bridgehead atoms. The van der Waals surface area contributed by atoms with E-state index in [2.05, 4.69) is 47.8 Å². The number of thiocarbonyl (C=S) groups is 1. The Bertz CT molecular complexity index is 866. The Morgan fingerprint density at radius 1 is 1.04 bits per heavy atom. The van der Waals surface area contributed by atoms with Crippen molar-refractivity contribution in [1.82, 2.24) is 9.78 Å². The molecule has 3 rings (SSSR count). The Hall–Kier alpha value is -2.37. The standard InChI is InChI=1S/C19H19ClN4S/c1-13-9-14(2)11-17(10-13)21-19(25)22-18-7-8-24(23-18)12-15-3-5-16(20)6-4-15/h3-11H,12H2,1-2H3,(H2,21,22,23,25). The van der Waals surface area contributed by atoms with Gasteiger partial charge in [-0.25, -0.2) is 0 Å². The van der Waals surface area contributed by atoms with Gasteiger partial charge in [-0.3, -0.25) is 4.68 Å². The van der Waals surface area contributed by atoms with Gasteiger partial charge < -0.3 is 10.6 Å². The van der Waals surface area contributed by atoms with Crippen molar-refractivity contribution in [2.45, 2.75) is 20.4 Å². The molecule has 25 heavy (non-hydrogen) atoms. The number of rotatable bonds is 4. The van der Waals surface area contributed by atoms with Crippen molar-refractivity contribution in [2.24, 2.45) is 0 Å². The second-order valence-electron chi connectivity index (χ2n) is 5.98. The Labute approximate surface area is 157 Å². The lowest BCUT2D eigenvalue weighted by atomic mass is 10.1. The molecule has 3 aromatic rings.